The molecular weight excluding hydrogens is 328 g/mol. The Morgan fingerprint density at radius 2 is 1.83 bits per heavy atom. The molecule has 0 saturated carbocycles. The van der Waals surface area contributed by atoms with Crippen molar-refractivity contribution in [2.45, 2.75) is 17.7 Å². The minimum Gasteiger partial charge on any atom is -0.356 e. The molecule has 0 atom stereocenters. The topological polar surface area (TPSA) is 90.5 Å². The molecule has 0 aromatic heterocycles. The molecule has 1 aliphatic heterocycles. The lowest BCUT2D eigenvalue weighted by molar-refractivity contribution is -0.120. The fourth-order valence-electron chi connectivity index (χ4n) is 2.54. The number of carbonyl (C=O) groups excluding carboxylic acids is 1. The summed E-state index contributed by atoms with van der Waals surface area (Å²) < 4.78 is 26.4. The Morgan fingerprint density at radius 1 is 1.12 bits per heavy atom. The fraction of sp³-hybridized carbons (Fsp3) is 0.562. The van der Waals surface area contributed by atoms with Crippen LogP contribution in [0.2, 0.25) is 0 Å². The second kappa shape index (κ2) is 9.73. The minimum absolute atomic E-state index is 0.0981. The van der Waals surface area contributed by atoms with Crippen molar-refractivity contribution in [2.75, 3.05) is 45.8 Å². The van der Waals surface area contributed by atoms with Crippen LogP contribution in [0.1, 0.15) is 12.8 Å². The summed E-state index contributed by atoms with van der Waals surface area (Å²) in [5, 5.41) is 6.14. The van der Waals surface area contributed by atoms with Gasteiger partial charge in [0.1, 0.15) is 0 Å². The van der Waals surface area contributed by atoms with E-state index in [9.17, 15) is 13.2 Å². The van der Waals surface area contributed by atoms with E-state index in [1.54, 1.807) is 18.2 Å². The first-order chi connectivity index (χ1) is 11.6. The van der Waals surface area contributed by atoms with Crippen molar-refractivity contribution in [1.82, 2.24) is 20.3 Å². The van der Waals surface area contributed by atoms with E-state index in [4.69, 9.17) is 0 Å². The molecule has 1 saturated heterocycles. The molecule has 1 heterocycles. The van der Waals surface area contributed by atoms with Crippen LogP contribution in [-0.4, -0.2) is 65.0 Å². The zero-order valence-electron chi connectivity index (χ0n) is 13.8. The lowest BCUT2D eigenvalue weighted by Gasteiger charge is -2.27. The quantitative estimate of drug-likeness (QED) is 0.533. The van der Waals surface area contributed by atoms with Crippen LogP contribution < -0.4 is 15.4 Å². The molecule has 1 aromatic carbocycles. The zero-order chi connectivity index (χ0) is 17.3. The molecule has 2 rings (SSSR count). The second-order valence-electron chi connectivity index (χ2n) is 5.76. The number of sulfonamides is 1. The van der Waals surface area contributed by atoms with Crippen LogP contribution in [0, 0.1) is 0 Å². The van der Waals surface area contributed by atoms with Crippen LogP contribution in [0.3, 0.4) is 0 Å². The van der Waals surface area contributed by atoms with Gasteiger partial charge >= 0.3 is 0 Å². The lowest BCUT2D eigenvalue weighted by atomic mass is 10.3. The Bertz CT molecular complexity index is 601. The van der Waals surface area contributed by atoms with Crippen molar-refractivity contribution >= 4 is 15.9 Å². The molecule has 1 aromatic rings. The Labute approximate surface area is 143 Å². The SMILES string of the molecule is O=C(CCNS(=O)(=O)c1ccccc1)NCCCN1CCNCC1. The molecular formula is C16H26N4O3S. The molecule has 1 amide bonds. The standard InChI is InChI=1S/C16H26N4O3S/c21-16(18-8-4-12-20-13-10-17-11-14-20)7-9-19-24(22,23)15-5-2-1-3-6-15/h1-3,5-6,17,19H,4,7-14H2,(H,18,21). The summed E-state index contributed by atoms with van der Waals surface area (Å²) >= 11 is 0. The van der Waals surface area contributed by atoms with E-state index in [0.717, 1.165) is 39.1 Å². The van der Waals surface area contributed by atoms with Gasteiger partial charge in [-0.05, 0) is 25.1 Å². The summed E-state index contributed by atoms with van der Waals surface area (Å²) in [6, 6.07) is 8.14. The number of hydrogen-bond acceptors (Lipinski definition) is 5. The summed E-state index contributed by atoms with van der Waals surface area (Å²) in [7, 11) is -3.54. The van der Waals surface area contributed by atoms with Gasteiger partial charge in [0.15, 0.2) is 0 Å². The van der Waals surface area contributed by atoms with E-state index in [1.165, 1.54) is 12.1 Å². The molecule has 0 bridgehead atoms. The third-order valence-corrected chi connectivity index (χ3v) is 5.36. The summed E-state index contributed by atoms with van der Waals surface area (Å²) in [6.07, 6.45) is 1.04. The third-order valence-electron chi connectivity index (χ3n) is 3.88. The Hall–Kier alpha value is -1.48. The minimum atomic E-state index is -3.54. The maximum absolute atomic E-state index is 12.0. The third kappa shape index (κ3) is 6.56. The first-order valence-electron chi connectivity index (χ1n) is 8.32. The van der Waals surface area contributed by atoms with Gasteiger partial charge < -0.3 is 15.5 Å². The number of amides is 1. The van der Waals surface area contributed by atoms with Gasteiger partial charge in [0.2, 0.25) is 15.9 Å². The highest BCUT2D eigenvalue weighted by molar-refractivity contribution is 7.89. The van der Waals surface area contributed by atoms with Crippen molar-refractivity contribution in [3.63, 3.8) is 0 Å². The van der Waals surface area contributed by atoms with Crippen LogP contribution in [0.5, 0.6) is 0 Å². The number of rotatable bonds is 9. The molecule has 0 unspecified atom stereocenters. The molecule has 8 heteroatoms. The van der Waals surface area contributed by atoms with E-state index in [1.807, 2.05) is 0 Å². The van der Waals surface area contributed by atoms with Crippen molar-refractivity contribution in [2.24, 2.45) is 0 Å². The average molecular weight is 354 g/mol. The first-order valence-corrected chi connectivity index (χ1v) is 9.81. The van der Waals surface area contributed by atoms with E-state index < -0.39 is 10.0 Å². The Balaban J connectivity index is 1.58. The number of hydrogen-bond donors (Lipinski definition) is 3. The largest absolute Gasteiger partial charge is 0.356 e. The van der Waals surface area contributed by atoms with Crippen molar-refractivity contribution in [3.8, 4) is 0 Å². The van der Waals surface area contributed by atoms with Crippen molar-refractivity contribution in [1.29, 1.82) is 0 Å². The highest BCUT2D eigenvalue weighted by atomic mass is 32.2. The van der Waals surface area contributed by atoms with Crippen molar-refractivity contribution < 1.29 is 13.2 Å². The number of piperazine rings is 1. The van der Waals surface area contributed by atoms with Gasteiger partial charge in [-0.15, -0.1) is 0 Å². The summed E-state index contributed by atoms with van der Waals surface area (Å²) in [6.45, 7) is 5.84. The highest BCUT2D eigenvalue weighted by Crippen LogP contribution is 2.06. The molecule has 0 aliphatic carbocycles. The first kappa shape index (κ1) is 18.9. The normalized spacial score (nSPS) is 16.0. The molecule has 3 N–H and O–H groups in total. The Morgan fingerprint density at radius 3 is 2.54 bits per heavy atom. The van der Waals surface area contributed by atoms with Gasteiger partial charge in [-0.1, -0.05) is 18.2 Å². The van der Waals surface area contributed by atoms with Gasteiger partial charge in [0.05, 0.1) is 4.90 Å². The predicted molar refractivity (Wildman–Crippen MR) is 93.2 cm³/mol. The van der Waals surface area contributed by atoms with E-state index in [0.29, 0.717) is 6.54 Å². The van der Waals surface area contributed by atoms with Crippen LogP contribution in [0.15, 0.2) is 35.2 Å². The monoisotopic (exact) mass is 354 g/mol. The number of nitrogens with zero attached hydrogens (tertiary/aromatic N) is 1. The van der Waals surface area contributed by atoms with Gasteiger partial charge in [-0.25, -0.2) is 13.1 Å². The van der Waals surface area contributed by atoms with Crippen LogP contribution >= 0.6 is 0 Å². The summed E-state index contributed by atoms with van der Waals surface area (Å²) in [4.78, 5) is 14.3. The molecule has 134 valence electrons. The van der Waals surface area contributed by atoms with E-state index in [2.05, 4.69) is 20.3 Å². The van der Waals surface area contributed by atoms with E-state index >= 15 is 0 Å². The molecule has 1 aliphatic rings. The Kier molecular flexibility index (Phi) is 7.64. The van der Waals surface area contributed by atoms with Crippen LogP contribution in [-0.2, 0) is 14.8 Å². The predicted octanol–water partition coefficient (Wildman–Crippen LogP) is -0.233. The lowest BCUT2D eigenvalue weighted by Crippen LogP contribution is -2.44. The molecule has 7 nitrogen and oxygen atoms in total. The maximum Gasteiger partial charge on any atom is 0.240 e. The molecule has 0 radical (unpaired) electrons. The highest BCUT2D eigenvalue weighted by Gasteiger charge is 2.13. The second-order valence-corrected chi connectivity index (χ2v) is 7.52. The summed E-state index contributed by atoms with van der Waals surface area (Å²) in [5.74, 6) is -0.133. The molecule has 24 heavy (non-hydrogen) atoms. The van der Waals surface area contributed by atoms with Gasteiger partial charge in [0.25, 0.3) is 0 Å². The fourth-order valence-corrected chi connectivity index (χ4v) is 3.59. The van der Waals surface area contributed by atoms with Crippen LogP contribution in [0.25, 0.3) is 0 Å². The number of nitrogens with one attached hydrogen (secondary N) is 3. The van der Waals surface area contributed by atoms with E-state index in [-0.39, 0.29) is 23.8 Å². The molecule has 1 fully saturated rings. The maximum atomic E-state index is 12.0. The summed E-state index contributed by atoms with van der Waals surface area (Å²) in [5.41, 5.74) is 0. The smallest absolute Gasteiger partial charge is 0.240 e. The average Bonchev–Trinajstić information content (AvgIpc) is 2.60. The zero-order valence-corrected chi connectivity index (χ0v) is 14.6. The molecule has 0 spiro atoms. The number of carbonyl (C=O) groups is 1. The van der Waals surface area contributed by atoms with Gasteiger partial charge in [0, 0.05) is 45.7 Å². The number of benzene rings is 1. The van der Waals surface area contributed by atoms with Crippen LogP contribution in [0.4, 0.5) is 0 Å². The van der Waals surface area contributed by atoms with Gasteiger partial charge in [-0.3, -0.25) is 4.79 Å². The van der Waals surface area contributed by atoms with Gasteiger partial charge in [-0.2, -0.15) is 0 Å². The van der Waals surface area contributed by atoms with Crippen molar-refractivity contribution in [3.05, 3.63) is 30.3 Å².